The van der Waals surface area contributed by atoms with Crippen molar-refractivity contribution >= 4 is 38.9 Å². The van der Waals surface area contributed by atoms with Crippen LogP contribution in [-0.2, 0) is 10.8 Å². The highest BCUT2D eigenvalue weighted by atomic mass is 15.1. The van der Waals surface area contributed by atoms with Gasteiger partial charge in [-0.2, -0.15) is 0 Å². The van der Waals surface area contributed by atoms with Crippen LogP contribution >= 0.6 is 0 Å². The van der Waals surface area contributed by atoms with Crippen LogP contribution in [0.4, 0.5) is 17.1 Å². The molecule has 0 radical (unpaired) electrons. The summed E-state index contributed by atoms with van der Waals surface area (Å²) in [6, 6.07) is 68.1. The van der Waals surface area contributed by atoms with Gasteiger partial charge in [0.15, 0.2) is 0 Å². The minimum atomic E-state index is -0.400. The van der Waals surface area contributed by atoms with E-state index in [4.69, 9.17) is 0 Å². The second kappa shape index (κ2) is 11.9. The number of benzene rings is 8. The monoisotopic (exact) mass is 718 g/mol. The lowest BCUT2D eigenvalue weighted by Gasteiger charge is -2.32. The Labute approximate surface area is 328 Å². The number of anilines is 3. The Kier molecular flexibility index (Phi) is 6.98. The molecule has 0 saturated carbocycles. The zero-order chi connectivity index (χ0) is 37.8. The van der Waals surface area contributed by atoms with E-state index in [-0.39, 0.29) is 5.41 Å². The summed E-state index contributed by atoms with van der Waals surface area (Å²) >= 11 is 0. The van der Waals surface area contributed by atoms with E-state index < -0.39 is 5.41 Å². The van der Waals surface area contributed by atoms with Crippen molar-refractivity contribution in [2.24, 2.45) is 0 Å². The van der Waals surface area contributed by atoms with Gasteiger partial charge in [0.2, 0.25) is 0 Å². The molecule has 0 bridgehead atoms. The van der Waals surface area contributed by atoms with Gasteiger partial charge in [-0.1, -0.05) is 136 Å². The summed E-state index contributed by atoms with van der Waals surface area (Å²) in [4.78, 5) is 2.42. The fourth-order valence-corrected chi connectivity index (χ4v) is 9.88. The summed E-state index contributed by atoms with van der Waals surface area (Å²) < 4.78 is 2.43. The van der Waals surface area contributed by atoms with Crippen LogP contribution in [0.1, 0.15) is 54.2 Å². The van der Waals surface area contributed by atoms with Gasteiger partial charge in [0.1, 0.15) is 0 Å². The Bertz CT molecular complexity index is 2950. The maximum absolute atomic E-state index is 2.47. The fourth-order valence-electron chi connectivity index (χ4n) is 9.88. The van der Waals surface area contributed by atoms with Crippen molar-refractivity contribution in [3.05, 3.63) is 215 Å². The summed E-state index contributed by atoms with van der Waals surface area (Å²) in [6.07, 6.45) is 0. The molecule has 0 fully saturated rings. The van der Waals surface area contributed by atoms with Gasteiger partial charge in [-0.05, 0) is 135 Å². The standard InChI is InChI=1S/C54H42N2/c1-35-22-30-51-45(32-35)46-33-36(53(2,3)4)23-31-52(46)56(51)39-26-24-38(25-27-39)55(37-14-6-5-7-15-37)40-28-29-44-43-18-10-13-21-49(43)54(50(44)34-40)47-19-11-8-16-41(47)42-17-9-12-20-48(42)54/h5-34H,1-4H3. The molecule has 1 aromatic heterocycles. The molecule has 2 aliphatic carbocycles. The average molecular weight is 719 g/mol. The first-order valence-corrected chi connectivity index (χ1v) is 19.8. The Morgan fingerprint density at radius 2 is 0.929 bits per heavy atom. The summed E-state index contributed by atoms with van der Waals surface area (Å²) in [5, 5.41) is 2.60. The molecule has 268 valence electrons. The second-order valence-electron chi connectivity index (χ2n) is 16.6. The number of rotatable bonds is 4. The van der Waals surface area contributed by atoms with Crippen LogP contribution < -0.4 is 4.90 Å². The molecule has 0 amide bonds. The molecule has 8 aromatic carbocycles. The molecule has 1 heterocycles. The van der Waals surface area contributed by atoms with Crippen molar-refractivity contribution < 1.29 is 0 Å². The lowest BCUT2D eigenvalue weighted by atomic mass is 9.70. The van der Waals surface area contributed by atoms with Gasteiger partial charge in [0.25, 0.3) is 0 Å². The molecule has 0 saturated heterocycles. The maximum atomic E-state index is 2.47. The molecule has 0 N–H and O–H groups in total. The third kappa shape index (κ3) is 4.56. The molecule has 2 heteroatoms. The summed E-state index contributed by atoms with van der Waals surface area (Å²) in [5.74, 6) is 0. The molecule has 2 aliphatic rings. The molecule has 0 aliphatic heterocycles. The second-order valence-corrected chi connectivity index (χ2v) is 16.6. The van der Waals surface area contributed by atoms with Gasteiger partial charge in [-0.15, -0.1) is 0 Å². The van der Waals surface area contributed by atoms with E-state index >= 15 is 0 Å². The third-order valence-electron chi connectivity index (χ3n) is 12.4. The number of aromatic nitrogens is 1. The van der Waals surface area contributed by atoms with Crippen molar-refractivity contribution in [2.45, 2.75) is 38.5 Å². The predicted molar refractivity (Wildman–Crippen MR) is 235 cm³/mol. The zero-order valence-electron chi connectivity index (χ0n) is 32.2. The van der Waals surface area contributed by atoms with E-state index in [0.29, 0.717) is 0 Å². The molecule has 1 spiro atoms. The van der Waals surface area contributed by atoms with Crippen LogP contribution in [0.3, 0.4) is 0 Å². The maximum Gasteiger partial charge on any atom is 0.0726 e. The molecule has 9 aromatic rings. The molecule has 0 atom stereocenters. The van der Waals surface area contributed by atoms with Gasteiger partial charge >= 0.3 is 0 Å². The predicted octanol–water partition coefficient (Wildman–Crippen LogP) is 14.2. The highest BCUT2D eigenvalue weighted by molar-refractivity contribution is 6.10. The topological polar surface area (TPSA) is 8.17 Å². The van der Waals surface area contributed by atoms with Crippen LogP contribution in [-0.4, -0.2) is 4.57 Å². The van der Waals surface area contributed by atoms with Crippen LogP contribution in [0, 0.1) is 6.92 Å². The van der Waals surface area contributed by atoms with Crippen LogP contribution in [0.15, 0.2) is 182 Å². The van der Waals surface area contributed by atoms with Crippen molar-refractivity contribution in [2.75, 3.05) is 4.90 Å². The van der Waals surface area contributed by atoms with E-state index in [1.165, 1.54) is 77.4 Å². The Morgan fingerprint density at radius 1 is 0.429 bits per heavy atom. The Hall–Kier alpha value is -6.64. The number of hydrogen-bond donors (Lipinski definition) is 0. The average Bonchev–Trinajstić information content (AvgIpc) is 3.82. The normalized spacial score (nSPS) is 13.5. The van der Waals surface area contributed by atoms with Crippen molar-refractivity contribution in [1.29, 1.82) is 0 Å². The molecular weight excluding hydrogens is 677 g/mol. The van der Waals surface area contributed by atoms with Gasteiger partial charge in [-0.3, -0.25) is 0 Å². The molecule has 0 unspecified atom stereocenters. The number of aryl methyl sites for hydroxylation is 1. The van der Waals surface area contributed by atoms with E-state index in [9.17, 15) is 0 Å². The van der Waals surface area contributed by atoms with E-state index in [0.717, 1.165) is 22.7 Å². The first kappa shape index (κ1) is 32.8. The highest BCUT2D eigenvalue weighted by Gasteiger charge is 2.51. The Balaban J connectivity index is 1.09. The first-order valence-electron chi connectivity index (χ1n) is 19.8. The van der Waals surface area contributed by atoms with Crippen LogP contribution in [0.25, 0.3) is 49.7 Å². The quantitative estimate of drug-likeness (QED) is 0.176. The smallest absolute Gasteiger partial charge is 0.0726 e. The van der Waals surface area contributed by atoms with Crippen molar-refractivity contribution in [3.63, 3.8) is 0 Å². The molecule has 2 nitrogen and oxygen atoms in total. The minimum absolute atomic E-state index is 0.0690. The number of para-hydroxylation sites is 1. The lowest BCUT2D eigenvalue weighted by Crippen LogP contribution is -2.26. The van der Waals surface area contributed by atoms with Crippen molar-refractivity contribution in [1.82, 2.24) is 4.57 Å². The number of fused-ring (bicyclic) bond motifs is 13. The molecule has 11 rings (SSSR count). The van der Waals surface area contributed by atoms with Gasteiger partial charge in [0, 0.05) is 33.5 Å². The summed E-state index contributed by atoms with van der Waals surface area (Å²) in [7, 11) is 0. The Morgan fingerprint density at radius 3 is 1.54 bits per heavy atom. The van der Waals surface area contributed by atoms with Gasteiger partial charge in [0.05, 0.1) is 16.4 Å². The number of hydrogen-bond acceptors (Lipinski definition) is 1. The lowest BCUT2D eigenvalue weighted by molar-refractivity contribution is 0.591. The van der Waals surface area contributed by atoms with E-state index in [2.05, 4.69) is 219 Å². The zero-order valence-corrected chi connectivity index (χ0v) is 32.2. The van der Waals surface area contributed by atoms with E-state index in [1.54, 1.807) is 0 Å². The molecular formula is C54H42N2. The first-order chi connectivity index (χ1) is 27.3. The van der Waals surface area contributed by atoms with E-state index in [1.807, 2.05) is 0 Å². The molecule has 56 heavy (non-hydrogen) atoms. The third-order valence-corrected chi connectivity index (χ3v) is 12.4. The minimum Gasteiger partial charge on any atom is -0.310 e. The van der Waals surface area contributed by atoms with Crippen LogP contribution in [0.5, 0.6) is 0 Å². The van der Waals surface area contributed by atoms with Gasteiger partial charge in [-0.25, -0.2) is 0 Å². The van der Waals surface area contributed by atoms with Crippen LogP contribution in [0.2, 0.25) is 0 Å². The summed E-state index contributed by atoms with van der Waals surface area (Å²) in [5.41, 5.74) is 19.9. The summed E-state index contributed by atoms with van der Waals surface area (Å²) in [6.45, 7) is 9.07. The van der Waals surface area contributed by atoms with Crippen molar-refractivity contribution in [3.8, 4) is 27.9 Å². The van der Waals surface area contributed by atoms with Gasteiger partial charge < -0.3 is 9.47 Å². The SMILES string of the molecule is Cc1ccc2c(c1)c1cc(C(C)(C)C)ccc1n2-c1ccc(N(c2ccccc2)c2ccc3c(c2)C2(c4ccccc4-c4ccccc42)c2ccccc2-3)cc1. The largest absolute Gasteiger partial charge is 0.310 e. The fraction of sp³-hybridized carbons (Fsp3) is 0.111. The number of nitrogens with zero attached hydrogens (tertiary/aromatic N) is 2. The highest BCUT2D eigenvalue weighted by Crippen LogP contribution is 2.63.